The Morgan fingerprint density at radius 1 is 1.26 bits per heavy atom. The molecular weight excluding hydrogens is 278 g/mol. The summed E-state index contributed by atoms with van der Waals surface area (Å²) < 4.78 is 0. The van der Waals surface area contributed by atoms with Gasteiger partial charge in [0, 0.05) is 16.0 Å². The molecule has 0 heterocycles. The lowest BCUT2D eigenvalue weighted by Crippen LogP contribution is -2.41. The van der Waals surface area contributed by atoms with Crippen molar-refractivity contribution in [2.45, 2.75) is 50.3 Å². The molecule has 2 unspecified atom stereocenters. The van der Waals surface area contributed by atoms with Gasteiger partial charge in [0.2, 0.25) is 5.91 Å². The van der Waals surface area contributed by atoms with E-state index in [4.69, 9.17) is 11.6 Å². The van der Waals surface area contributed by atoms with Crippen molar-refractivity contribution in [1.29, 1.82) is 0 Å². The maximum absolute atomic E-state index is 12.1. The molecule has 1 N–H and O–H groups in total. The van der Waals surface area contributed by atoms with Gasteiger partial charge in [0.25, 0.3) is 0 Å². The summed E-state index contributed by atoms with van der Waals surface area (Å²) in [6.45, 7) is 8.29. The number of hydrogen-bond donors (Lipinski definition) is 1. The van der Waals surface area contributed by atoms with Gasteiger partial charge in [-0.25, -0.2) is 0 Å². The molecule has 2 nitrogen and oxygen atoms in total. The smallest absolute Gasteiger partial charge is 0.233 e. The second kappa shape index (κ2) is 7.81. The molecule has 0 spiro atoms. The number of carbonyl (C=O) groups is 1. The average molecular weight is 300 g/mol. The van der Waals surface area contributed by atoms with Crippen LogP contribution in [-0.2, 0) is 4.79 Å². The van der Waals surface area contributed by atoms with E-state index < -0.39 is 0 Å². The number of benzene rings is 1. The summed E-state index contributed by atoms with van der Waals surface area (Å²) in [5.41, 5.74) is 0. The van der Waals surface area contributed by atoms with Gasteiger partial charge in [-0.3, -0.25) is 4.79 Å². The van der Waals surface area contributed by atoms with E-state index in [1.807, 2.05) is 31.2 Å². The largest absolute Gasteiger partial charge is 0.352 e. The van der Waals surface area contributed by atoms with Crippen LogP contribution in [-0.4, -0.2) is 17.2 Å². The van der Waals surface area contributed by atoms with Crippen LogP contribution < -0.4 is 5.32 Å². The topological polar surface area (TPSA) is 29.1 Å². The van der Waals surface area contributed by atoms with Crippen molar-refractivity contribution in [2.24, 2.45) is 5.92 Å². The maximum atomic E-state index is 12.1. The number of nitrogens with one attached hydrogen (secondary N) is 1. The molecule has 0 fully saturated rings. The van der Waals surface area contributed by atoms with E-state index in [2.05, 4.69) is 26.1 Å². The SMILES string of the molecule is CCC(NC(=O)C(C)Sc1ccc(Cl)cc1)C(C)C. The van der Waals surface area contributed by atoms with Crippen molar-refractivity contribution in [3.63, 3.8) is 0 Å². The van der Waals surface area contributed by atoms with Crippen molar-refractivity contribution in [3.8, 4) is 0 Å². The van der Waals surface area contributed by atoms with Gasteiger partial charge in [-0.05, 0) is 43.5 Å². The molecule has 0 aromatic heterocycles. The molecule has 106 valence electrons. The summed E-state index contributed by atoms with van der Waals surface area (Å²) in [7, 11) is 0. The van der Waals surface area contributed by atoms with Gasteiger partial charge in [-0.2, -0.15) is 0 Å². The molecule has 0 bridgehead atoms. The maximum Gasteiger partial charge on any atom is 0.233 e. The van der Waals surface area contributed by atoms with Gasteiger partial charge in [0.15, 0.2) is 0 Å². The van der Waals surface area contributed by atoms with Crippen LogP contribution in [0.5, 0.6) is 0 Å². The highest BCUT2D eigenvalue weighted by molar-refractivity contribution is 8.00. The molecule has 0 saturated heterocycles. The minimum Gasteiger partial charge on any atom is -0.352 e. The van der Waals surface area contributed by atoms with E-state index in [0.717, 1.165) is 11.3 Å². The summed E-state index contributed by atoms with van der Waals surface area (Å²) in [5.74, 6) is 0.558. The molecule has 0 saturated carbocycles. The summed E-state index contributed by atoms with van der Waals surface area (Å²) in [6, 6.07) is 7.82. The Kier molecular flexibility index (Phi) is 6.73. The van der Waals surface area contributed by atoms with E-state index in [0.29, 0.717) is 10.9 Å². The molecule has 1 rings (SSSR count). The number of hydrogen-bond acceptors (Lipinski definition) is 2. The van der Waals surface area contributed by atoms with Crippen molar-refractivity contribution in [1.82, 2.24) is 5.32 Å². The van der Waals surface area contributed by atoms with Crippen LogP contribution in [0.15, 0.2) is 29.2 Å². The number of halogens is 1. The Morgan fingerprint density at radius 3 is 2.32 bits per heavy atom. The Labute approximate surface area is 125 Å². The second-order valence-corrected chi connectivity index (χ2v) is 6.83. The number of amides is 1. The fraction of sp³-hybridized carbons (Fsp3) is 0.533. The number of carbonyl (C=O) groups excluding carboxylic acids is 1. The van der Waals surface area contributed by atoms with Crippen LogP contribution in [0.1, 0.15) is 34.1 Å². The molecule has 1 amide bonds. The normalized spacial score (nSPS) is 14.2. The second-order valence-electron chi connectivity index (χ2n) is 4.98. The van der Waals surface area contributed by atoms with E-state index in [1.54, 1.807) is 11.8 Å². The molecule has 0 aliphatic heterocycles. The Hall–Kier alpha value is -0.670. The fourth-order valence-electron chi connectivity index (χ4n) is 1.81. The summed E-state index contributed by atoms with van der Waals surface area (Å²) in [6.07, 6.45) is 0.960. The van der Waals surface area contributed by atoms with Crippen molar-refractivity contribution in [3.05, 3.63) is 29.3 Å². The van der Waals surface area contributed by atoms with E-state index in [1.165, 1.54) is 0 Å². The lowest BCUT2D eigenvalue weighted by molar-refractivity contribution is -0.121. The summed E-state index contributed by atoms with van der Waals surface area (Å²) in [5, 5.41) is 3.72. The lowest BCUT2D eigenvalue weighted by Gasteiger charge is -2.22. The monoisotopic (exact) mass is 299 g/mol. The van der Waals surface area contributed by atoms with Gasteiger partial charge in [-0.1, -0.05) is 32.4 Å². The van der Waals surface area contributed by atoms with E-state index in [9.17, 15) is 4.79 Å². The predicted octanol–water partition coefficient (Wildman–Crippen LogP) is 4.37. The molecule has 2 atom stereocenters. The highest BCUT2D eigenvalue weighted by Gasteiger charge is 2.19. The first-order valence-corrected chi connectivity index (χ1v) is 7.92. The first kappa shape index (κ1) is 16.4. The number of thioether (sulfide) groups is 1. The Morgan fingerprint density at radius 2 is 1.84 bits per heavy atom. The average Bonchev–Trinajstić information content (AvgIpc) is 2.37. The molecule has 0 radical (unpaired) electrons. The summed E-state index contributed by atoms with van der Waals surface area (Å²) in [4.78, 5) is 13.2. The molecule has 1 aromatic carbocycles. The first-order chi connectivity index (χ1) is 8.93. The molecule has 19 heavy (non-hydrogen) atoms. The van der Waals surface area contributed by atoms with Crippen molar-refractivity contribution in [2.75, 3.05) is 0 Å². The third kappa shape index (κ3) is 5.45. The van der Waals surface area contributed by atoms with Gasteiger partial charge in [0.1, 0.15) is 0 Å². The first-order valence-electron chi connectivity index (χ1n) is 6.66. The van der Waals surface area contributed by atoms with Gasteiger partial charge in [0.05, 0.1) is 5.25 Å². The predicted molar refractivity (Wildman–Crippen MR) is 83.8 cm³/mol. The highest BCUT2D eigenvalue weighted by atomic mass is 35.5. The Balaban J connectivity index is 2.55. The lowest BCUT2D eigenvalue weighted by atomic mass is 10.0. The van der Waals surface area contributed by atoms with Gasteiger partial charge in [-0.15, -0.1) is 11.8 Å². The van der Waals surface area contributed by atoms with Crippen LogP contribution in [0.25, 0.3) is 0 Å². The van der Waals surface area contributed by atoms with Crippen LogP contribution in [0.2, 0.25) is 5.02 Å². The zero-order chi connectivity index (χ0) is 14.4. The van der Waals surface area contributed by atoms with Crippen LogP contribution in [0.3, 0.4) is 0 Å². The third-order valence-electron chi connectivity index (χ3n) is 3.07. The molecule has 0 aliphatic carbocycles. The van der Waals surface area contributed by atoms with Crippen LogP contribution >= 0.6 is 23.4 Å². The van der Waals surface area contributed by atoms with Gasteiger partial charge >= 0.3 is 0 Å². The minimum absolute atomic E-state index is 0.0977. The van der Waals surface area contributed by atoms with Gasteiger partial charge < -0.3 is 5.32 Å². The quantitative estimate of drug-likeness (QED) is 0.790. The zero-order valence-corrected chi connectivity index (χ0v) is 13.5. The van der Waals surface area contributed by atoms with Crippen molar-refractivity contribution < 1.29 is 4.79 Å². The molecule has 0 aliphatic rings. The Bertz CT molecular complexity index is 405. The van der Waals surface area contributed by atoms with E-state index in [-0.39, 0.29) is 17.2 Å². The number of rotatable bonds is 6. The van der Waals surface area contributed by atoms with Crippen LogP contribution in [0, 0.1) is 5.92 Å². The fourth-order valence-corrected chi connectivity index (χ4v) is 2.81. The third-order valence-corrected chi connectivity index (χ3v) is 4.43. The van der Waals surface area contributed by atoms with Crippen molar-refractivity contribution >= 4 is 29.3 Å². The van der Waals surface area contributed by atoms with Crippen LogP contribution in [0.4, 0.5) is 0 Å². The zero-order valence-electron chi connectivity index (χ0n) is 11.9. The molecular formula is C15H22ClNOS. The minimum atomic E-state index is -0.103. The summed E-state index contributed by atoms with van der Waals surface area (Å²) >= 11 is 7.40. The molecule has 1 aromatic rings. The standard InChI is InChI=1S/C15H22ClNOS/c1-5-14(10(2)3)17-15(18)11(4)19-13-8-6-12(16)7-9-13/h6-11,14H,5H2,1-4H3,(H,17,18). The van der Waals surface area contributed by atoms with E-state index >= 15 is 0 Å². The molecule has 4 heteroatoms. The highest BCUT2D eigenvalue weighted by Crippen LogP contribution is 2.25.